The highest BCUT2D eigenvalue weighted by molar-refractivity contribution is 5.78. The second kappa shape index (κ2) is 8.83. The van der Waals surface area contributed by atoms with Crippen molar-refractivity contribution in [3.8, 4) is 0 Å². The summed E-state index contributed by atoms with van der Waals surface area (Å²) >= 11 is 0. The van der Waals surface area contributed by atoms with Crippen molar-refractivity contribution in [1.82, 2.24) is 9.80 Å². The summed E-state index contributed by atoms with van der Waals surface area (Å²) in [4.78, 5) is 18.6. The van der Waals surface area contributed by atoms with Crippen molar-refractivity contribution in [2.75, 3.05) is 13.1 Å². The van der Waals surface area contributed by atoms with Crippen LogP contribution in [0.5, 0.6) is 0 Å². The molecule has 0 N–H and O–H groups in total. The number of benzene rings is 4. The molecule has 3 heteroatoms. The summed E-state index contributed by atoms with van der Waals surface area (Å²) in [6.45, 7) is 1.43. The minimum Gasteiger partial charge on any atom is -0.313 e. The number of carbonyl (C=O) groups excluding carboxylic acids is 1. The molecule has 0 spiro atoms. The Hall–Kier alpha value is -3.85. The van der Waals surface area contributed by atoms with Gasteiger partial charge in [0.05, 0.1) is 12.1 Å². The Labute approximate surface area is 201 Å². The van der Waals surface area contributed by atoms with Crippen LogP contribution in [-0.4, -0.2) is 28.9 Å². The third-order valence-electron chi connectivity index (χ3n) is 7.29. The van der Waals surface area contributed by atoms with Crippen LogP contribution in [0.15, 0.2) is 109 Å². The topological polar surface area (TPSA) is 23.6 Å². The SMILES string of the molecule is O=C(N1CCc2ccccc2C1c1ccccc1)N1CCc2ccccc2C1c1ccccc1. The highest BCUT2D eigenvalue weighted by Crippen LogP contribution is 2.40. The van der Waals surface area contributed by atoms with Gasteiger partial charge in [0.1, 0.15) is 0 Å². The van der Waals surface area contributed by atoms with E-state index in [-0.39, 0.29) is 18.1 Å². The molecule has 3 nitrogen and oxygen atoms in total. The number of hydrogen-bond acceptors (Lipinski definition) is 1. The quantitative estimate of drug-likeness (QED) is 0.351. The van der Waals surface area contributed by atoms with Gasteiger partial charge in [0.25, 0.3) is 0 Å². The molecule has 0 aromatic heterocycles. The molecule has 0 aliphatic carbocycles. The maximum absolute atomic E-state index is 14.4. The van der Waals surface area contributed by atoms with Gasteiger partial charge in [-0.1, -0.05) is 109 Å². The average molecular weight is 445 g/mol. The Bertz CT molecular complexity index is 1200. The lowest BCUT2D eigenvalue weighted by atomic mass is 9.87. The number of rotatable bonds is 2. The average Bonchev–Trinajstić information content (AvgIpc) is 2.92. The normalized spacial score (nSPS) is 19.3. The van der Waals surface area contributed by atoms with Gasteiger partial charge < -0.3 is 9.80 Å². The first-order valence-corrected chi connectivity index (χ1v) is 12.1. The minimum absolute atomic E-state index is 0.0766. The molecule has 4 aromatic rings. The largest absolute Gasteiger partial charge is 0.321 e. The third-order valence-corrected chi connectivity index (χ3v) is 7.29. The molecule has 4 aromatic carbocycles. The van der Waals surface area contributed by atoms with Gasteiger partial charge in [0, 0.05) is 13.1 Å². The fourth-order valence-corrected chi connectivity index (χ4v) is 5.70. The fourth-order valence-electron chi connectivity index (χ4n) is 5.70. The van der Waals surface area contributed by atoms with E-state index in [1.807, 2.05) is 12.1 Å². The lowest BCUT2D eigenvalue weighted by Crippen LogP contribution is -2.51. The molecule has 0 saturated carbocycles. The smallest absolute Gasteiger partial charge is 0.313 e. The van der Waals surface area contributed by atoms with Crippen molar-refractivity contribution in [3.05, 3.63) is 143 Å². The molecule has 2 aliphatic heterocycles. The van der Waals surface area contributed by atoms with Crippen molar-refractivity contribution in [2.24, 2.45) is 0 Å². The van der Waals surface area contributed by atoms with Crippen molar-refractivity contribution >= 4 is 6.03 Å². The van der Waals surface area contributed by atoms with E-state index in [9.17, 15) is 4.79 Å². The van der Waals surface area contributed by atoms with Gasteiger partial charge >= 0.3 is 6.03 Å². The van der Waals surface area contributed by atoms with Crippen LogP contribution < -0.4 is 0 Å². The molecule has 0 saturated heterocycles. The third kappa shape index (κ3) is 3.58. The molecule has 34 heavy (non-hydrogen) atoms. The summed E-state index contributed by atoms with van der Waals surface area (Å²) in [7, 11) is 0. The molecular formula is C31H28N2O. The Morgan fingerprint density at radius 1 is 0.529 bits per heavy atom. The van der Waals surface area contributed by atoms with Crippen LogP contribution in [0.1, 0.15) is 45.5 Å². The Kier molecular flexibility index (Phi) is 5.38. The molecule has 6 rings (SSSR count). The van der Waals surface area contributed by atoms with Gasteiger partial charge in [-0.3, -0.25) is 0 Å². The summed E-state index contributed by atoms with van der Waals surface area (Å²) in [6.07, 6.45) is 1.76. The van der Waals surface area contributed by atoms with E-state index in [2.05, 4.69) is 107 Å². The van der Waals surface area contributed by atoms with Crippen molar-refractivity contribution in [3.63, 3.8) is 0 Å². The standard InChI is InChI=1S/C31H28N2O/c34-31(32-21-19-23-11-7-9-17-27(23)29(32)25-13-3-1-4-14-25)33-22-20-24-12-8-10-18-28(24)30(33)26-15-5-2-6-16-26/h1-18,29-30H,19-22H2. The zero-order valence-electron chi connectivity index (χ0n) is 19.2. The van der Waals surface area contributed by atoms with Gasteiger partial charge in [-0.25, -0.2) is 4.79 Å². The summed E-state index contributed by atoms with van der Waals surface area (Å²) in [5, 5.41) is 0. The molecule has 2 amide bonds. The number of urea groups is 1. The highest BCUT2D eigenvalue weighted by Gasteiger charge is 2.39. The van der Waals surface area contributed by atoms with Gasteiger partial charge in [0.2, 0.25) is 0 Å². The predicted octanol–water partition coefficient (Wildman–Crippen LogP) is 6.40. The first-order valence-electron chi connectivity index (χ1n) is 12.1. The molecule has 2 atom stereocenters. The maximum Gasteiger partial charge on any atom is 0.321 e. The van der Waals surface area contributed by atoms with E-state index in [1.165, 1.54) is 22.3 Å². The number of carbonyl (C=O) groups is 1. The summed E-state index contributed by atoms with van der Waals surface area (Å²) in [5.74, 6) is 0. The van der Waals surface area contributed by atoms with Crippen LogP contribution in [0.2, 0.25) is 0 Å². The zero-order valence-corrected chi connectivity index (χ0v) is 19.2. The van der Waals surface area contributed by atoms with Crippen LogP contribution in [0.3, 0.4) is 0 Å². The van der Waals surface area contributed by atoms with E-state index in [4.69, 9.17) is 0 Å². The van der Waals surface area contributed by atoms with Crippen LogP contribution in [0.4, 0.5) is 4.79 Å². The summed E-state index contributed by atoms with van der Waals surface area (Å²) in [6, 6.07) is 38.1. The van der Waals surface area contributed by atoms with Gasteiger partial charge in [-0.15, -0.1) is 0 Å². The van der Waals surface area contributed by atoms with E-state index in [0.29, 0.717) is 0 Å². The number of hydrogen-bond donors (Lipinski definition) is 0. The second-order valence-corrected chi connectivity index (χ2v) is 9.19. The van der Waals surface area contributed by atoms with Gasteiger partial charge in [-0.05, 0) is 46.2 Å². The molecule has 2 heterocycles. The zero-order chi connectivity index (χ0) is 22.9. The fraction of sp³-hybridized carbons (Fsp3) is 0.194. The van der Waals surface area contributed by atoms with Crippen LogP contribution in [0, 0.1) is 0 Å². The Morgan fingerprint density at radius 3 is 1.35 bits per heavy atom. The molecule has 0 radical (unpaired) electrons. The summed E-state index contributed by atoms with van der Waals surface area (Å²) in [5.41, 5.74) is 7.48. The number of nitrogens with zero attached hydrogens (tertiary/aromatic N) is 2. The highest BCUT2D eigenvalue weighted by atomic mass is 16.2. The van der Waals surface area contributed by atoms with Crippen molar-refractivity contribution < 1.29 is 4.79 Å². The van der Waals surface area contributed by atoms with Crippen LogP contribution >= 0.6 is 0 Å². The van der Waals surface area contributed by atoms with Crippen LogP contribution in [0.25, 0.3) is 0 Å². The van der Waals surface area contributed by atoms with E-state index >= 15 is 0 Å². The second-order valence-electron chi connectivity index (χ2n) is 9.19. The number of amides is 2. The van der Waals surface area contributed by atoms with E-state index in [1.54, 1.807) is 0 Å². The first kappa shape index (κ1) is 20.7. The summed E-state index contributed by atoms with van der Waals surface area (Å²) < 4.78 is 0. The molecule has 0 bridgehead atoms. The lowest BCUT2D eigenvalue weighted by Gasteiger charge is -2.44. The van der Waals surface area contributed by atoms with Gasteiger partial charge in [0.15, 0.2) is 0 Å². The van der Waals surface area contributed by atoms with Crippen molar-refractivity contribution in [2.45, 2.75) is 24.9 Å². The molecular weight excluding hydrogens is 416 g/mol. The minimum atomic E-state index is -0.0766. The van der Waals surface area contributed by atoms with Crippen LogP contribution in [-0.2, 0) is 12.8 Å². The molecule has 0 fully saturated rings. The maximum atomic E-state index is 14.4. The first-order chi connectivity index (χ1) is 16.8. The monoisotopic (exact) mass is 444 g/mol. The number of fused-ring (bicyclic) bond motifs is 2. The Morgan fingerprint density at radius 2 is 0.912 bits per heavy atom. The molecule has 168 valence electrons. The van der Waals surface area contributed by atoms with E-state index < -0.39 is 0 Å². The van der Waals surface area contributed by atoms with E-state index in [0.717, 1.165) is 37.1 Å². The predicted molar refractivity (Wildman–Crippen MR) is 136 cm³/mol. The molecule has 2 aliphatic rings. The lowest BCUT2D eigenvalue weighted by molar-refractivity contribution is 0.123. The van der Waals surface area contributed by atoms with Crippen molar-refractivity contribution in [1.29, 1.82) is 0 Å². The Balaban J connectivity index is 1.44. The van der Waals surface area contributed by atoms with Gasteiger partial charge in [-0.2, -0.15) is 0 Å². The molecule has 2 unspecified atom stereocenters.